The molecule has 1 amide bonds. The minimum absolute atomic E-state index is 0.0579. The first-order valence-electron chi connectivity index (χ1n) is 9.81. The quantitative estimate of drug-likeness (QED) is 0.593. The molecule has 1 aliphatic heterocycles. The summed E-state index contributed by atoms with van der Waals surface area (Å²) in [5.41, 5.74) is -0.246. The number of halogens is 3. The van der Waals surface area contributed by atoms with E-state index in [4.69, 9.17) is 9.47 Å². The normalized spacial score (nSPS) is 15.5. The first-order chi connectivity index (χ1) is 15.7. The summed E-state index contributed by atoms with van der Waals surface area (Å²) in [7, 11) is 2.93. The summed E-state index contributed by atoms with van der Waals surface area (Å²) in [6, 6.07) is 8.73. The number of carbonyl (C=O) groups is 1. The van der Waals surface area contributed by atoms with Gasteiger partial charge < -0.3 is 20.1 Å². The number of anilines is 2. The summed E-state index contributed by atoms with van der Waals surface area (Å²) >= 11 is 0. The molecular formula is C22H20F3N5O3. The molecule has 0 fully saturated rings. The lowest BCUT2D eigenvalue weighted by molar-refractivity contribution is -0.138. The van der Waals surface area contributed by atoms with Gasteiger partial charge in [-0.1, -0.05) is 18.2 Å². The lowest BCUT2D eigenvalue weighted by Gasteiger charge is -2.30. The van der Waals surface area contributed by atoms with E-state index in [0.717, 1.165) is 6.07 Å². The van der Waals surface area contributed by atoms with Crippen LogP contribution in [0.3, 0.4) is 0 Å². The van der Waals surface area contributed by atoms with Crippen molar-refractivity contribution in [2.45, 2.75) is 19.1 Å². The van der Waals surface area contributed by atoms with Crippen LogP contribution < -0.4 is 20.1 Å². The fraction of sp³-hybridized carbons (Fsp3) is 0.227. The number of amides is 1. The number of fused-ring (bicyclic) bond motifs is 1. The molecule has 8 nitrogen and oxygen atoms in total. The minimum Gasteiger partial charge on any atom is -0.497 e. The van der Waals surface area contributed by atoms with Crippen LogP contribution in [-0.4, -0.2) is 34.9 Å². The van der Waals surface area contributed by atoms with Gasteiger partial charge in [-0.25, -0.2) is 4.68 Å². The molecule has 1 atom stereocenters. The molecule has 33 heavy (non-hydrogen) atoms. The molecule has 0 saturated heterocycles. The highest BCUT2D eigenvalue weighted by Crippen LogP contribution is 2.42. The molecule has 2 aromatic carbocycles. The Balaban J connectivity index is 1.81. The summed E-state index contributed by atoms with van der Waals surface area (Å²) < 4.78 is 53.3. The van der Waals surface area contributed by atoms with E-state index < -0.39 is 23.7 Å². The van der Waals surface area contributed by atoms with E-state index in [-0.39, 0.29) is 17.1 Å². The Morgan fingerprint density at radius 3 is 2.61 bits per heavy atom. The number of carbonyl (C=O) groups excluding carboxylic acids is 1. The smallest absolute Gasteiger partial charge is 0.416 e. The van der Waals surface area contributed by atoms with Gasteiger partial charge in [-0.15, -0.1) is 0 Å². The molecule has 0 bridgehead atoms. The van der Waals surface area contributed by atoms with Gasteiger partial charge in [-0.3, -0.25) is 4.79 Å². The Kier molecular flexibility index (Phi) is 5.71. The molecule has 11 heteroatoms. The zero-order chi connectivity index (χ0) is 23.8. The molecule has 2 heterocycles. The SMILES string of the molecule is COc1ccc(NC(=O)C2=C(C)Nc3ncnn3[C@@H]2c2ccccc2C(F)(F)F)c(OC)c1. The van der Waals surface area contributed by atoms with Crippen molar-refractivity contribution in [3.05, 3.63) is 71.2 Å². The van der Waals surface area contributed by atoms with Crippen molar-refractivity contribution in [2.24, 2.45) is 0 Å². The number of allylic oxidation sites excluding steroid dienone is 1. The highest BCUT2D eigenvalue weighted by atomic mass is 19.4. The maximum atomic E-state index is 13.8. The minimum atomic E-state index is -4.63. The van der Waals surface area contributed by atoms with E-state index in [2.05, 4.69) is 20.7 Å². The van der Waals surface area contributed by atoms with Gasteiger partial charge in [0.25, 0.3) is 5.91 Å². The topological polar surface area (TPSA) is 90.3 Å². The number of nitrogens with zero attached hydrogens (tertiary/aromatic N) is 3. The summed E-state index contributed by atoms with van der Waals surface area (Å²) in [4.78, 5) is 17.5. The monoisotopic (exact) mass is 459 g/mol. The molecule has 172 valence electrons. The van der Waals surface area contributed by atoms with Crippen molar-refractivity contribution in [3.8, 4) is 11.5 Å². The molecule has 0 aliphatic carbocycles. The van der Waals surface area contributed by atoms with Gasteiger partial charge >= 0.3 is 6.18 Å². The van der Waals surface area contributed by atoms with Gasteiger partial charge in [0.15, 0.2) is 0 Å². The average molecular weight is 459 g/mol. The molecule has 1 aliphatic rings. The molecule has 0 spiro atoms. The zero-order valence-electron chi connectivity index (χ0n) is 17.9. The highest BCUT2D eigenvalue weighted by molar-refractivity contribution is 6.06. The lowest BCUT2D eigenvalue weighted by Crippen LogP contribution is -2.32. The van der Waals surface area contributed by atoms with Gasteiger partial charge in [0.1, 0.15) is 23.9 Å². The van der Waals surface area contributed by atoms with E-state index in [1.807, 2.05) is 0 Å². The van der Waals surface area contributed by atoms with Crippen molar-refractivity contribution in [2.75, 3.05) is 24.9 Å². The Morgan fingerprint density at radius 1 is 1.15 bits per heavy atom. The third-order valence-corrected chi connectivity index (χ3v) is 5.26. The highest BCUT2D eigenvalue weighted by Gasteiger charge is 2.40. The lowest BCUT2D eigenvalue weighted by atomic mass is 9.91. The maximum absolute atomic E-state index is 13.8. The van der Waals surface area contributed by atoms with Gasteiger partial charge in [0, 0.05) is 11.8 Å². The summed E-state index contributed by atoms with van der Waals surface area (Å²) in [5.74, 6) is 0.460. The number of nitrogens with one attached hydrogen (secondary N) is 2. The number of hydrogen-bond acceptors (Lipinski definition) is 6. The molecule has 2 N–H and O–H groups in total. The fourth-order valence-corrected chi connectivity index (χ4v) is 3.76. The predicted molar refractivity (Wildman–Crippen MR) is 114 cm³/mol. The number of ether oxygens (including phenoxy) is 2. The number of hydrogen-bond donors (Lipinski definition) is 2. The van der Waals surface area contributed by atoms with Crippen molar-refractivity contribution < 1.29 is 27.4 Å². The second-order valence-corrected chi connectivity index (χ2v) is 7.20. The van der Waals surface area contributed by atoms with E-state index in [1.165, 1.54) is 43.4 Å². The van der Waals surface area contributed by atoms with Crippen LogP contribution in [-0.2, 0) is 11.0 Å². The first kappa shape index (κ1) is 22.2. The second-order valence-electron chi connectivity index (χ2n) is 7.20. The van der Waals surface area contributed by atoms with Crippen LogP contribution in [0.25, 0.3) is 0 Å². The molecule has 0 unspecified atom stereocenters. The largest absolute Gasteiger partial charge is 0.497 e. The van der Waals surface area contributed by atoms with Crippen LogP contribution in [0.4, 0.5) is 24.8 Å². The molecular weight excluding hydrogens is 439 g/mol. The van der Waals surface area contributed by atoms with E-state index >= 15 is 0 Å². The van der Waals surface area contributed by atoms with Crippen molar-refractivity contribution >= 4 is 17.5 Å². The standard InChI is InChI=1S/C22H20F3N5O3/c1-12-18(20(31)29-16-9-8-13(32-2)10-17(16)33-3)19(30-21(28-12)26-11-27-30)14-6-4-5-7-15(14)22(23,24)25/h4-11,19H,1-3H3,(H,29,31)(H,26,27,28)/t19-/m1/s1. The maximum Gasteiger partial charge on any atom is 0.416 e. The summed E-state index contributed by atoms with van der Waals surface area (Å²) in [6.07, 6.45) is -3.41. The average Bonchev–Trinajstić information content (AvgIpc) is 3.25. The molecule has 3 aromatic rings. The van der Waals surface area contributed by atoms with Crippen molar-refractivity contribution in [1.82, 2.24) is 14.8 Å². The summed E-state index contributed by atoms with van der Waals surface area (Å²) in [5, 5.41) is 9.76. The van der Waals surface area contributed by atoms with Crippen molar-refractivity contribution in [1.29, 1.82) is 0 Å². The number of methoxy groups -OCH3 is 2. The Morgan fingerprint density at radius 2 is 1.91 bits per heavy atom. The van der Waals surface area contributed by atoms with E-state index in [1.54, 1.807) is 25.1 Å². The van der Waals surface area contributed by atoms with Gasteiger partial charge in [-0.05, 0) is 30.7 Å². The predicted octanol–water partition coefficient (Wildman–Crippen LogP) is 4.24. The number of aromatic nitrogens is 3. The van der Waals surface area contributed by atoms with Gasteiger partial charge in [-0.2, -0.15) is 23.3 Å². The van der Waals surface area contributed by atoms with Crippen LogP contribution in [0.1, 0.15) is 24.1 Å². The van der Waals surface area contributed by atoms with Crippen molar-refractivity contribution in [3.63, 3.8) is 0 Å². The van der Waals surface area contributed by atoms with Crippen LogP contribution in [0.2, 0.25) is 0 Å². The zero-order valence-corrected chi connectivity index (χ0v) is 17.9. The third kappa shape index (κ3) is 4.09. The number of alkyl halides is 3. The Labute approximate surface area is 187 Å². The van der Waals surface area contributed by atoms with Crippen LogP contribution in [0.15, 0.2) is 60.1 Å². The van der Waals surface area contributed by atoms with Gasteiger partial charge in [0.05, 0.1) is 31.0 Å². The van der Waals surface area contributed by atoms with E-state index in [0.29, 0.717) is 22.9 Å². The van der Waals surface area contributed by atoms with Crippen LogP contribution in [0, 0.1) is 0 Å². The molecule has 0 radical (unpaired) electrons. The Bertz CT molecular complexity index is 1240. The second kappa shape index (κ2) is 8.49. The van der Waals surface area contributed by atoms with Crippen LogP contribution >= 0.6 is 0 Å². The third-order valence-electron chi connectivity index (χ3n) is 5.26. The van der Waals surface area contributed by atoms with E-state index in [9.17, 15) is 18.0 Å². The fourth-order valence-electron chi connectivity index (χ4n) is 3.76. The first-order valence-corrected chi connectivity index (χ1v) is 9.81. The molecule has 0 saturated carbocycles. The molecule has 4 rings (SSSR count). The summed E-state index contributed by atoms with van der Waals surface area (Å²) in [6.45, 7) is 1.60. The number of rotatable bonds is 5. The van der Waals surface area contributed by atoms with Crippen LogP contribution in [0.5, 0.6) is 11.5 Å². The number of benzene rings is 2. The Hall–Kier alpha value is -4.02. The van der Waals surface area contributed by atoms with Gasteiger partial charge in [0.2, 0.25) is 5.95 Å². The molecule has 1 aromatic heterocycles.